The predicted octanol–water partition coefficient (Wildman–Crippen LogP) is 3.83. The Kier molecular flexibility index (Phi) is 6.02. The lowest BCUT2D eigenvalue weighted by atomic mass is 10.00. The van der Waals surface area contributed by atoms with E-state index in [0.717, 1.165) is 18.9 Å². The second-order valence-corrected chi connectivity index (χ2v) is 5.01. The Morgan fingerprint density at radius 2 is 1.80 bits per heavy atom. The van der Waals surface area contributed by atoms with Crippen molar-refractivity contribution < 1.29 is 13.2 Å². The van der Waals surface area contributed by atoms with E-state index in [2.05, 4.69) is 18.7 Å². The van der Waals surface area contributed by atoms with Crippen LogP contribution in [0.4, 0.5) is 13.2 Å². The molecule has 0 spiro atoms. The highest BCUT2D eigenvalue weighted by Crippen LogP contribution is 2.32. The fraction of sp³-hybridized carbons (Fsp3) is 0.600. The van der Waals surface area contributed by atoms with Crippen LogP contribution in [0.3, 0.4) is 0 Å². The summed E-state index contributed by atoms with van der Waals surface area (Å²) in [5, 5.41) is 0. The Labute approximate surface area is 118 Å². The smallest absolute Gasteiger partial charge is 0.329 e. The molecule has 1 aromatic rings. The van der Waals surface area contributed by atoms with Crippen molar-refractivity contribution >= 4 is 0 Å². The number of likely N-dealkylation sites (N-methyl/N-ethyl adjacent to an activating group) is 1. The predicted molar refractivity (Wildman–Crippen MR) is 75.4 cm³/mol. The van der Waals surface area contributed by atoms with Crippen LogP contribution in [0.1, 0.15) is 43.9 Å². The third-order valence-corrected chi connectivity index (χ3v) is 3.83. The molecule has 0 saturated heterocycles. The van der Waals surface area contributed by atoms with Crippen LogP contribution in [-0.4, -0.2) is 24.5 Å². The van der Waals surface area contributed by atoms with Crippen molar-refractivity contribution in [3.05, 3.63) is 35.4 Å². The van der Waals surface area contributed by atoms with Crippen molar-refractivity contribution in [1.82, 2.24) is 4.90 Å². The first-order chi connectivity index (χ1) is 9.35. The van der Waals surface area contributed by atoms with Crippen LogP contribution in [-0.2, 0) is 6.18 Å². The van der Waals surface area contributed by atoms with Gasteiger partial charge in [-0.1, -0.05) is 26.0 Å². The maximum atomic E-state index is 12.8. The number of hydrogen-bond acceptors (Lipinski definition) is 2. The van der Waals surface area contributed by atoms with Gasteiger partial charge in [-0.25, -0.2) is 0 Å². The molecular formula is C15H23F3N2. The lowest BCUT2D eigenvalue weighted by Gasteiger charge is -2.34. The van der Waals surface area contributed by atoms with Gasteiger partial charge in [0.2, 0.25) is 0 Å². The van der Waals surface area contributed by atoms with Gasteiger partial charge in [0.05, 0.1) is 5.56 Å². The second-order valence-electron chi connectivity index (χ2n) is 5.01. The SMILES string of the molecule is CCC(CC)N(C)C(CN)c1cccc(C(F)(F)F)c1. The molecule has 5 heteroatoms. The number of nitrogens with two attached hydrogens (primary N) is 1. The summed E-state index contributed by atoms with van der Waals surface area (Å²) in [6, 6.07) is 5.58. The number of alkyl halides is 3. The topological polar surface area (TPSA) is 29.3 Å². The Bertz CT molecular complexity index is 414. The molecule has 2 nitrogen and oxygen atoms in total. The van der Waals surface area contributed by atoms with E-state index in [-0.39, 0.29) is 6.04 Å². The summed E-state index contributed by atoms with van der Waals surface area (Å²) in [5.41, 5.74) is 5.79. The largest absolute Gasteiger partial charge is 0.416 e. The van der Waals surface area contributed by atoms with Gasteiger partial charge in [-0.3, -0.25) is 4.90 Å². The van der Waals surface area contributed by atoms with Gasteiger partial charge in [0.1, 0.15) is 0 Å². The molecule has 1 atom stereocenters. The summed E-state index contributed by atoms with van der Waals surface area (Å²) in [6.45, 7) is 4.45. The van der Waals surface area contributed by atoms with Crippen molar-refractivity contribution in [2.75, 3.05) is 13.6 Å². The van der Waals surface area contributed by atoms with Gasteiger partial charge in [0, 0.05) is 18.6 Å². The Morgan fingerprint density at radius 3 is 2.25 bits per heavy atom. The second kappa shape index (κ2) is 7.09. The first kappa shape index (κ1) is 17.0. The average molecular weight is 288 g/mol. The van der Waals surface area contributed by atoms with Crippen LogP contribution in [0.5, 0.6) is 0 Å². The third kappa shape index (κ3) is 3.96. The number of nitrogens with zero attached hydrogens (tertiary/aromatic N) is 1. The molecule has 0 heterocycles. The molecule has 2 N–H and O–H groups in total. The Balaban J connectivity index is 3.06. The molecule has 0 aliphatic rings. The van der Waals surface area contributed by atoms with Crippen molar-refractivity contribution in [3.63, 3.8) is 0 Å². The summed E-state index contributed by atoms with van der Waals surface area (Å²) in [7, 11) is 1.93. The Hall–Kier alpha value is -1.07. The zero-order valence-electron chi connectivity index (χ0n) is 12.2. The van der Waals surface area contributed by atoms with E-state index in [1.165, 1.54) is 12.1 Å². The van der Waals surface area contributed by atoms with Crippen molar-refractivity contribution in [2.24, 2.45) is 5.73 Å². The highest BCUT2D eigenvalue weighted by atomic mass is 19.4. The molecule has 1 aromatic carbocycles. The zero-order valence-corrected chi connectivity index (χ0v) is 12.2. The van der Waals surface area contributed by atoms with Crippen LogP contribution in [0.15, 0.2) is 24.3 Å². The van der Waals surface area contributed by atoms with Crippen LogP contribution in [0.2, 0.25) is 0 Å². The minimum Gasteiger partial charge on any atom is -0.329 e. The molecule has 0 aliphatic heterocycles. The zero-order chi connectivity index (χ0) is 15.3. The van der Waals surface area contributed by atoms with E-state index < -0.39 is 11.7 Å². The third-order valence-electron chi connectivity index (χ3n) is 3.83. The van der Waals surface area contributed by atoms with Crippen LogP contribution >= 0.6 is 0 Å². The minimum absolute atomic E-state index is 0.192. The average Bonchev–Trinajstić information content (AvgIpc) is 2.40. The van der Waals surface area contributed by atoms with E-state index in [9.17, 15) is 13.2 Å². The molecule has 1 unspecified atom stereocenters. The Morgan fingerprint density at radius 1 is 1.20 bits per heavy atom. The lowest BCUT2D eigenvalue weighted by molar-refractivity contribution is -0.137. The minimum atomic E-state index is -4.32. The molecule has 0 aromatic heterocycles. The summed E-state index contributed by atoms with van der Waals surface area (Å²) >= 11 is 0. The molecular weight excluding hydrogens is 265 g/mol. The van der Waals surface area contributed by atoms with Gasteiger partial charge in [-0.15, -0.1) is 0 Å². The number of rotatable bonds is 6. The van der Waals surface area contributed by atoms with Gasteiger partial charge < -0.3 is 5.73 Å². The molecule has 20 heavy (non-hydrogen) atoms. The van der Waals surface area contributed by atoms with Crippen LogP contribution in [0.25, 0.3) is 0 Å². The van der Waals surface area contributed by atoms with Gasteiger partial charge >= 0.3 is 6.18 Å². The van der Waals surface area contributed by atoms with Gasteiger partial charge in [-0.2, -0.15) is 13.2 Å². The summed E-state index contributed by atoms with van der Waals surface area (Å²) in [4.78, 5) is 2.08. The molecule has 0 radical (unpaired) electrons. The molecule has 0 amide bonds. The molecule has 0 bridgehead atoms. The molecule has 0 saturated carbocycles. The van der Waals surface area contributed by atoms with Crippen LogP contribution in [0, 0.1) is 0 Å². The number of halogens is 3. The van der Waals surface area contributed by atoms with E-state index in [1.807, 2.05) is 7.05 Å². The molecule has 0 fully saturated rings. The number of benzene rings is 1. The normalized spacial score (nSPS) is 14.1. The quantitative estimate of drug-likeness (QED) is 0.862. The molecule has 114 valence electrons. The monoisotopic (exact) mass is 288 g/mol. The summed E-state index contributed by atoms with van der Waals surface area (Å²) < 4.78 is 38.3. The summed E-state index contributed by atoms with van der Waals surface area (Å²) in [5.74, 6) is 0. The fourth-order valence-corrected chi connectivity index (χ4v) is 2.58. The van der Waals surface area contributed by atoms with Gasteiger partial charge in [0.15, 0.2) is 0 Å². The van der Waals surface area contributed by atoms with Crippen molar-refractivity contribution in [3.8, 4) is 0 Å². The highest BCUT2D eigenvalue weighted by molar-refractivity contribution is 5.28. The molecule has 1 rings (SSSR count). The lowest BCUT2D eigenvalue weighted by Crippen LogP contribution is -2.38. The first-order valence-electron chi connectivity index (χ1n) is 6.94. The fourth-order valence-electron chi connectivity index (χ4n) is 2.58. The highest BCUT2D eigenvalue weighted by Gasteiger charge is 2.31. The van der Waals surface area contributed by atoms with E-state index in [1.54, 1.807) is 6.07 Å². The summed E-state index contributed by atoms with van der Waals surface area (Å²) in [6.07, 6.45) is -2.42. The van der Waals surface area contributed by atoms with Gasteiger partial charge in [-0.05, 0) is 37.6 Å². The van der Waals surface area contributed by atoms with Crippen LogP contribution < -0.4 is 5.73 Å². The van der Waals surface area contributed by atoms with E-state index >= 15 is 0 Å². The number of hydrogen-bond donors (Lipinski definition) is 1. The van der Waals surface area contributed by atoms with E-state index in [0.29, 0.717) is 18.2 Å². The maximum absolute atomic E-state index is 12.8. The van der Waals surface area contributed by atoms with Gasteiger partial charge in [0.25, 0.3) is 0 Å². The molecule has 0 aliphatic carbocycles. The standard InChI is InChI=1S/C15H23F3N2/c1-4-13(5-2)20(3)14(10-19)11-7-6-8-12(9-11)15(16,17)18/h6-9,13-14H,4-5,10,19H2,1-3H3. The maximum Gasteiger partial charge on any atom is 0.416 e. The van der Waals surface area contributed by atoms with E-state index in [4.69, 9.17) is 5.73 Å². The van der Waals surface area contributed by atoms with Crippen molar-refractivity contribution in [2.45, 2.75) is 44.9 Å². The van der Waals surface area contributed by atoms with Crippen molar-refractivity contribution in [1.29, 1.82) is 0 Å². The first-order valence-corrected chi connectivity index (χ1v) is 6.94.